The normalized spacial score (nSPS) is 13.3. The zero-order valence-corrected chi connectivity index (χ0v) is 18.5. The first kappa shape index (κ1) is 23.0. The van der Waals surface area contributed by atoms with Gasteiger partial charge in [0.25, 0.3) is 0 Å². The summed E-state index contributed by atoms with van der Waals surface area (Å²) in [6.07, 6.45) is 0. The molecule has 154 valence electrons. The average molecular weight is 413 g/mol. The number of hydrogen-bond donors (Lipinski definition) is 0. The molecular weight excluding hydrogens is 385 g/mol. The third-order valence-corrected chi connectivity index (χ3v) is 5.18. The second kappa shape index (κ2) is 10.4. The molecule has 0 amide bonds. The Morgan fingerprint density at radius 1 is 1.03 bits per heavy atom. The second-order valence-corrected chi connectivity index (χ2v) is 9.14. The summed E-state index contributed by atoms with van der Waals surface area (Å²) < 4.78 is 10.8. The molecule has 0 aliphatic heterocycles. The molecule has 0 spiro atoms. The maximum Gasteiger partial charge on any atom is 0.339 e. The number of benzene rings is 2. The summed E-state index contributed by atoms with van der Waals surface area (Å²) >= 11 is 0. The Kier molecular flexibility index (Phi) is 8.27. The van der Waals surface area contributed by atoms with Crippen molar-refractivity contribution in [2.24, 2.45) is 4.99 Å². The number of esters is 1. The smallest absolute Gasteiger partial charge is 0.339 e. The van der Waals surface area contributed by atoms with Crippen molar-refractivity contribution in [1.82, 2.24) is 0 Å². The van der Waals surface area contributed by atoms with Gasteiger partial charge in [0, 0.05) is 18.2 Å². The third kappa shape index (κ3) is 6.90. The van der Waals surface area contributed by atoms with Crippen LogP contribution >= 0.6 is 7.77 Å². The molecule has 0 aliphatic rings. The van der Waals surface area contributed by atoms with Crippen LogP contribution in [-0.4, -0.2) is 49.0 Å². The van der Waals surface area contributed by atoms with Crippen molar-refractivity contribution in [1.29, 1.82) is 0 Å². The maximum absolute atomic E-state index is 13.0. The molecule has 0 aliphatic carbocycles. The SMILES string of the molecule is COCC([C@@H](N=C(c1ccccc1)c1ccccc1)C(=O)OC(C)(C)C)=[P+](C)[O-]. The number of aliphatic imine (C=N–C) groups is 1. The molecule has 0 fully saturated rings. The Labute approximate surface area is 173 Å². The molecule has 5 nitrogen and oxygen atoms in total. The predicted octanol–water partition coefficient (Wildman–Crippen LogP) is 3.44. The Bertz CT molecular complexity index is 825. The maximum atomic E-state index is 13.0. The van der Waals surface area contributed by atoms with E-state index >= 15 is 0 Å². The van der Waals surface area contributed by atoms with Gasteiger partial charge >= 0.3 is 5.97 Å². The minimum atomic E-state index is -1.82. The molecule has 0 heterocycles. The number of nitrogens with zero attached hydrogens (tertiary/aromatic N) is 1. The molecule has 6 heteroatoms. The van der Waals surface area contributed by atoms with Gasteiger partial charge in [-0.2, -0.15) is 0 Å². The Morgan fingerprint density at radius 2 is 1.52 bits per heavy atom. The van der Waals surface area contributed by atoms with Gasteiger partial charge in [-0.15, -0.1) is 0 Å². The first-order chi connectivity index (χ1) is 13.7. The van der Waals surface area contributed by atoms with Crippen LogP contribution in [0, 0.1) is 0 Å². The van der Waals surface area contributed by atoms with Crippen molar-refractivity contribution < 1.29 is 19.2 Å². The van der Waals surface area contributed by atoms with Crippen LogP contribution in [0.25, 0.3) is 0 Å². The summed E-state index contributed by atoms with van der Waals surface area (Å²) in [5, 5.41) is 0.404. The summed E-state index contributed by atoms with van der Waals surface area (Å²) in [5.74, 6) is -0.542. The summed E-state index contributed by atoms with van der Waals surface area (Å²) in [6, 6.07) is 18.2. The fraction of sp³-hybridized carbons (Fsp3) is 0.348. The van der Waals surface area contributed by atoms with Gasteiger partial charge in [-0.1, -0.05) is 60.7 Å². The molecule has 2 aromatic rings. The fourth-order valence-electron chi connectivity index (χ4n) is 2.75. The van der Waals surface area contributed by atoms with E-state index in [1.165, 1.54) is 7.11 Å². The predicted molar refractivity (Wildman–Crippen MR) is 118 cm³/mol. The molecule has 2 aromatic carbocycles. The first-order valence-corrected chi connectivity index (χ1v) is 11.1. The molecule has 2 rings (SSSR count). The van der Waals surface area contributed by atoms with Gasteiger partial charge in [0.15, 0.2) is 5.29 Å². The highest BCUT2D eigenvalue weighted by atomic mass is 31.1. The van der Waals surface area contributed by atoms with Gasteiger partial charge in [-0.25, -0.2) is 4.79 Å². The van der Waals surface area contributed by atoms with E-state index in [-0.39, 0.29) is 6.61 Å². The molecule has 0 saturated carbocycles. The van der Waals surface area contributed by atoms with Crippen LogP contribution in [0.15, 0.2) is 65.7 Å². The lowest BCUT2D eigenvalue weighted by atomic mass is 10.0. The van der Waals surface area contributed by atoms with Crippen LogP contribution < -0.4 is 4.89 Å². The van der Waals surface area contributed by atoms with Crippen molar-refractivity contribution in [2.75, 3.05) is 20.4 Å². The highest BCUT2D eigenvalue weighted by Gasteiger charge is 2.33. The second-order valence-electron chi connectivity index (χ2n) is 7.57. The van der Waals surface area contributed by atoms with Gasteiger partial charge in [0.2, 0.25) is 6.04 Å². The number of hydrogen-bond acceptors (Lipinski definition) is 5. The van der Waals surface area contributed by atoms with Gasteiger partial charge in [-0.05, 0) is 20.8 Å². The molecule has 0 aromatic heterocycles. The van der Waals surface area contributed by atoms with Crippen molar-refractivity contribution >= 4 is 24.7 Å². The highest BCUT2D eigenvalue weighted by Crippen LogP contribution is 2.20. The van der Waals surface area contributed by atoms with Crippen LogP contribution in [0.3, 0.4) is 0 Å². The monoisotopic (exact) mass is 413 g/mol. The molecule has 0 bridgehead atoms. The summed E-state index contributed by atoms with van der Waals surface area (Å²) in [5.41, 5.74) is 1.65. The lowest BCUT2D eigenvalue weighted by Crippen LogP contribution is -2.38. The Balaban J connectivity index is 2.66. The van der Waals surface area contributed by atoms with E-state index in [1.807, 2.05) is 60.7 Å². The Morgan fingerprint density at radius 3 is 1.90 bits per heavy atom. The minimum absolute atomic E-state index is 0.0654. The van der Waals surface area contributed by atoms with E-state index in [9.17, 15) is 9.69 Å². The van der Waals surface area contributed by atoms with Crippen LogP contribution in [-0.2, 0) is 14.3 Å². The molecule has 2 atom stereocenters. The quantitative estimate of drug-likeness (QED) is 0.396. The number of carbonyl (C=O) groups is 1. The molecule has 0 radical (unpaired) electrons. The first-order valence-electron chi connectivity index (χ1n) is 9.40. The summed E-state index contributed by atoms with van der Waals surface area (Å²) in [4.78, 5) is 30.3. The molecule has 29 heavy (non-hydrogen) atoms. The van der Waals surface area contributed by atoms with Gasteiger partial charge in [-0.3, -0.25) is 4.99 Å². The van der Waals surface area contributed by atoms with E-state index in [1.54, 1.807) is 27.4 Å². The van der Waals surface area contributed by atoms with E-state index in [4.69, 9.17) is 14.5 Å². The van der Waals surface area contributed by atoms with Crippen LogP contribution in [0.1, 0.15) is 31.9 Å². The number of carbonyl (C=O) groups excluding carboxylic acids is 1. The molecule has 0 N–H and O–H groups in total. The lowest BCUT2D eigenvalue weighted by molar-refractivity contribution is -0.156. The third-order valence-electron chi connectivity index (χ3n) is 4.00. The van der Waals surface area contributed by atoms with E-state index in [0.29, 0.717) is 11.0 Å². The van der Waals surface area contributed by atoms with Crippen LogP contribution in [0.5, 0.6) is 0 Å². The van der Waals surface area contributed by atoms with Crippen molar-refractivity contribution in [3.05, 3.63) is 71.8 Å². The Hall–Kier alpha value is -2.33. The minimum Gasteiger partial charge on any atom is -0.631 e. The van der Waals surface area contributed by atoms with E-state index in [0.717, 1.165) is 11.1 Å². The van der Waals surface area contributed by atoms with Gasteiger partial charge < -0.3 is 14.4 Å². The standard InChI is InChI=1S/C23H28NO4P/c1-23(2,3)28-22(25)21(19(16-27-4)29(5)26)24-20(17-12-8-6-9-13-17)18-14-10-7-11-15-18/h6-15,21H,16H2,1-5H3/t21-/m1/s1. The molecule has 1 unspecified atom stereocenters. The zero-order chi connectivity index (χ0) is 21.4. The zero-order valence-electron chi connectivity index (χ0n) is 17.6. The topological polar surface area (TPSA) is 71.0 Å². The summed E-state index contributed by atoms with van der Waals surface area (Å²) in [7, 11) is -0.314. The van der Waals surface area contributed by atoms with E-state index in [2.05, 4.69) is 0 Å². The van der Waals surface area contributed by atoms with Crippen LogP contribution in [0.4, 0.5) is 0 Å². The lowest BCUT2D eigenvalue weighted by Gasteiger charge is -2.23. The fourth-order valence-corrected chi connectivity index (χ4v) is 3.57. The van der Waals surface area contributed by atoms with Gasteiger partial charge in [0.1, 0.15) is 12.2 Å². The highest BCUT2D eigenvalue weighted by molar-refractivity contribution is 7.51. The number of methoxy groups -OCH3 is 1. The van der Waals surface area contributed by atoms with Crippen molar-refractivity contribution in [2.45, 2.75) is 32.4 Å². The molecular formula is C23H28NO4P. The van der Waals surface area contributed by atoms with Crippen LogP contribution in [0.2, 0.25) is 0 Å². The summed E-state index contributed by atoms with van der Waals surface area (Å²) in [6.45, 7) is 7.01. The largest absolute Gasteiger partial charge is 0.631 e. The van der Waals surface area contributed by atoms with E-state index < -0.39 is 25.4 Å². The van der Waals surface area contributed by atoms with Crippen molar-refractivity contribution in [3.8, 4) is 0 Å². The molecule has 0 saturated heterocycles. The van der Waals surface area contributed by atoms with Crippen molar-refractivity contribution in [3.63, 3.8) is 0 Å². The average Bonchev–Trinajstić information content (AvgIpc) is 2.67. The van der Waals surface area contributed by atoms with Gasteiger partial charge in [0.05, 0.1) is 20.1 Å². The number of ether oxygens (including phenoxy) is 2. The number of rotatable bonds is 7.